The van der Waals surface area contributed by atoms with Crippen LogP contribution in [0.2, 0.25) is 0 Å². The van der Waals surface area contributed by atoms with Crippen LogP contribution < -0.4 is 14.8 Å². The summed E-state index contributed by atoms with van der Waals surface area (Å²) in [6.07, 6.45) is 4.03. The summed E-state index contributed by atoms with van der Waals surface area (Å²) in [5, 5.41) is 3.04. The minimum Gasteiger partial charge on any atom is -0.497 e. The molecule has 0 bridgehead atoms. The molecule has 5 heteroatoms. The van der Waals surface area contributed by atoms with Crippen molar-refractivity contribution in [1.29, 1.82) is 0 Å². The predicted octanol–water partition coefficient (Wildman–Crippen LogP) is 6.26. The summed E-state index contributed by atoms with van der Waals surface area (Å²) >= 11 is 0. The number of carbonyl (C=O) groups excluding carboxylic acids is 1. The topological polar surface area (TPSA) is 52.5 Å². The quantitative estimate of drug-likeness (QED) is 0.315. The first-order valence-corrected chi connectivity index (χ1v) is 13.0. The molecule has 0 saturated carbocycles. The van der Waals surface area contributed by atoms with Gasteiger partial charge in [0.25, 0.3) is 5.91 Å². The SMILES string of the molecule is COc1ccc(OC)c(CCNC(=O)c2ccc(-n3c(-c4ccccc4)cc4c3CC[C@H](C)C4)cc2)c1. The molecule has 0 unspecified atom stereocenters. The summed E-state index contributed by atoms with van der Waals surface area (Å²) in [5.41, 5.74) is 7.99. The summed E-state index contributed by atoms with van der Waals surface area (Å²) < 4.78 is 13.2. The summed E-state index contributed by atoms with van der Waals surface area (Å²) in [7, 11) is 3.29. The Bertz CT molecular complexity index is 1370. The average molecular weight is 495 g/mol. The van der Waals surface area contributed by atoms with Gasteiger partial charge in [0.15, 0.2) is 0 Å². The van der Waals surface area contributed by atoms with E-state index >= 15 is 0 Å². The summed E-state index contributed by atoms with van der Waals surface area (Å²) in [5.74, 6) is 2.18. The molecule has 3 aromatic carbocycles. The maximum absolute atomic E-state index is 12.9. The third-order valence-corrected chi connectivity index (χ3v) is 7.26. The van der Waals surface area contributed by atoms with E-state index in [1.807, 2.05) is 30.3 Å². The lowest BCUT2D eigenvalue weighted by atomic mass is 9.89. The molecule has 5 rings (SSSR count). The Morgan fingerprint density at radius 1 is 0.973 bits per heavy atom. The van der Waals surface area contributed by atoms with Gasteiger partial charge in [-0.2, -0.15) is 0 Å². The number of aromatic nitrogens is 1. The smallest absolute Gasteiger partial charge is 0.251 e. The Labute approximate surface area is 219 Å². The van der Waals surface area contributed by atoms with Crippen LogP contribution in [0, 0.1) is 5.92 Å². The normalized spacial score (nSPS) is 14.6. The van der Waals surface area contributed by atoms with E-state index in [4.69, 9.17) is 9.47 Å². The number of hydrogen-bond acceptors (Lipinski definition) is 3. The van der Waals surface area contributed by atoms with E-state index in [-0.39, 0.29) is 5.91 Å². The number of ether oxygens (including phenoxy) is 2. The average Bonchev–Trinajstić information content (AvgIpc) is 3.32. The van der Waals surface area contributed by atoms with Crippen molar-refractivity contribution in [3.63, 3.8) is 0 Å². The largest absolute Gasteiger partial charge is 0.497 e. The number of hydrogen-bond donors (Lipinski definition) is 1. The lowest BCUT2D eigenvalue weighted by Crippen LogP contribution is -2.25. The molecule has 1 heterocycles. The van der Waals surface area contributed by atoms with E-state index in [1.165, 1.54) is 28.9 Å². The summed E-state index contributed by atoms with van der Waals surface area (Å²) in [6.45, 7) is 2.84. The molecule has 0 aliphatic heterocycles. The van der Waals surface area contributed by atoms with Gasteiger partial charge in [-0.05, 0) is 96.8 Å². The number of methoxy groups -OCH3 is 2. The minimum atomic E-state index is -0.0833. The van der Waals surface area contributed by atoms with Gasteiger partial charge in [-0.1, -0.05) is 37.3 Å². The maximum Gasteiger partial charge on any atom is 0.251 e. The number of fused-ring (bicyclic) bond motifs is 1. The molecule has 190 valence electrons. The van der Waals surface area contributed by atoms with Crippen LogP contribution >= 0.6 is 0 Å². The van der Waals surface area contributed by atoms with Gasteiger partial charge in [0.2, 0.25) is 0 Å². The number of amides is 1. The van der Waals surface area contributed by atoms with Crippen molar-refractivity contribution in [2.24, 2.45) is 5.92 Å². The maximum atomic E-state index is 12.9. The highest BCUT2D eigenvalue weighted by molar-refractivity contribution is 5.94. The van der Waals surface area contributed by atoms with E-state index in [0.717, 1.165) is 35.6 Å². The van der Waals surface area contributed by atoms with Crippen LogP contribution in [0.1, 0.15) is 40.5 Å². The van der Waals surface area contributed by atoms with Crippen molar-refractivity contribution in [3.8, 4) is 28.4 Å². The van der Waals surface area contributed by atoms with Gasteiger partial charge in [0.1, 0.15) is 11.5 Å². The molecule has 4 aromatic rings. The standard InChI is InChI=1S/C32H34N2O3/c1-22-9-15-29-26(19-22)21-30(23-7-5-4-6-8-23)34(29)27-12-10-24(11-13-27)32(35)33-18-17-25-20-28(36-2)14-16-31(25)37-3/h4-8,10-14,16,20-22H,9,15,17-19H2,1-3H3,(H,33,35)/t22-/m0/s1. The zero-order valence-corrected chi connectivity index (χ0v) is 21.8. The molecule has 1 atom stereocenters. The Morgan fingerprint density at radius 3 is 2.49 bits per heavy atom. The number of carbonyl (C=O) groups is 1. The first-order chi connectivity index (χ1) is 18.1. The molecule has 1 aromatic heterocycles. The molecular formula is C32H34N2O3. The number of rotatable bonds is 8. The van der Waals surface area contributed by atoms with Crippen LogP contribution in [-0.4, -0.2) is 31.2 Å². The molecule has 5 nitrogen and oxygen atoms in total. The second kappa shape index (κ2) is 11.0. The molecule has 1 aliphatic rings. The van der Waals surface area contributed by atoms with Crippen molar-refractivity contribution in [2.75, 3.05) is 20.8 Å². The van der Waals surface area contributed by atoms with Gasteiger partial charge in [-0.15, -0.1) is 0 Å². The highest BCUT2D eigenvalue weighted by atomic mass is 16.5. The van der Waals surface area contributed by atoms with Gasteiger partial charge in [0.05, 0.1) is 19.9 Å². The predicted molar refractivity (Wildman–Crippen MR) is 148 cm³/mol. The van der Waals surface area contributed by atoms with Crippen molar-refractivity contribution in [3.05, 3.63) is 101 Å². The Kier molecular flexibility index (Phi) is 7.31. The number of benzene rings is 3. The number of nitrogens with zero attached hydrogens (tertiary/aromatic N) is 1. The molecular weight excluding hydrogens is 460 g/mol. The monoisotopic (exact) mass is 494 g/mol. The summed E-state index contributed by atoms with van der Waals surface area (Å²) in [6, 6.07) is 26.6. The molecule has 0 spiro atoms. The lowest BCUT2D eigenvalue weighted by molar-refractivity contribution is 0.0954. The molecule has 0 saturated heterocycles. The van der Waals surface area contributed by atoms with Crippen LogP contribution in [0.4, 0.5) is 0 Å². The fourth-order valence-electron chi connectivity index (χ4n) is 5.28. The fraction of sp³-hybridized carbons (Fsp3) is 0.281. The molecule has 37 heavy (non-hydrogen) atoms. The first kappa shape index (κ1) is 24.7. The van der Waals surface area contributed by atoms with Crippen LogP contribution in [-0.2, 0) is 19.3 Å². The Balaban J connectivity index is 1.34. The highest BCUT2D eigenvalue weighted by Crippen LogP contribution is 2.35. The van der Waals surface area contributed by atoms with E-state index < -0.39 is 0 Å². The van der Waals surface area contributed by atoms with Crippen LogP contribution in [0.5, 0.6) is 11.5 Å². The molecule has 0 fully saturated rings. The van der Waals surface area contributed by atoms with Gasteiger partial charge in [-0.25, -0.2) is 0 Å². The van der Waals surface area contributed by atoms with Crippen molar-refractivity contribution in [2.45, 2.75) is 32.6 Å². The zero-order chi connectivity index (χ0) is 25.8. The van der Waals surface area contributed by atoms with Crippen LogP contribution in [0.25, 0.3) is 16.9 Å². The van der Waals surface area contributed by atoms with E-state index in [9.17, 15) is 4.79 Å². The van der Waals surface area contributed by atoms with Crippen LogP contribution in [0.3, 0.4) is 0 Å². The Hall–Kier alpha value is -3.99. The van der Waals surface area contributed by atoms with Gasteiger partial charge in [-0.3, -0.25) is 4.79 Å². The molecule has 1 aliphatic carbocycles. The lowest BCUT2D eigenvalue weighted by Gasteiger charge is -2.21. The molecule has 1 amide bonds. The van der Waals surface area contributed by atoms with E-state index in [2.05, 4.69) is 65.3 Å². The van der Waals surface area contributed by atoms with E-state index in [0.29, 0.717) is 24.4 Å². The second-order valence-electron chi connectivity index (χ2n) is 9.78. The van der Waals surface area contributed by atoms with E-state index in [1.54, 1.807) is 14.2 Å². The van der Waals surface area contributed by atoms with Gasteiger partial charge >= 0.3 is 0 Å². The molecule has 0 radical (unpaired) electrons. The van der Waals surface area contributed by atoms with Crippen LogP contribution in [0.15, 0.2) is 78.9 Å². The Morgan fingerprint density at radius 2 is 1.76 bits per heavy atom. The second-order valence-corrected chi connectivity index (χ2v) is 9.78. The molecule has 1 N–H and O–H groups in total. The summed E-state index contributed by atoms with van der Waals surface area (Å²) in [4.78, 5) is 12.9. The minimum absolute atomic E-state index is 0.0833. The first-order valence-electron chi connectivity index (χ1n) is 13.0. The van der Waals surface area contributed by atoms with Crippen molar-refractivity contribution in [1.82, 2.24) is 9.88 Å². The third-order valence-electron chi connectivity index (χ3n) is 7.26. The highest BCUT2D eigenvalue weighted by Gasteiger charge is 2.23. The number of nitrogens with one attached hydrogen (secondary N) is 1. The van der Waals surface area contributed by atoms with Gasteiger partial charge < -0.3 is 19.4 Å². The fourth-order valence-corrected chi connectivity index (χ4v) is 5.28. The third kappa shape index (κ3) is 5.26. The van der Waals surface area contributed by atoms with Crippen molar-refractivity contribution >= 4 is 5.91 Å². The van der Waals surface area contributed by atoms with Crippen molar-refractivity contribution < 1.29 is 14.3 Å². The van der Waals surface area contributed by atoms with Gasteiger partial charge in [0, 0.05) is 23.5 Å². The zero-order valence-electron chi connectivity index (χ0n) is 21.8.